The first-order valence-corrected chi connectivity index (χ1v) is 7.10. The molecule has 1 unspecified atom stereocenters. The van der Waals surface area contributed by atoms with E-state index in [1.807, 2.05) is 0 Å². The molecular formula is C15H22F2N2. The molecule has 0 spiro atoms. The molecule has 0 amide bonds. The molecule has 1 aromatic carbocycles. The normalized spacial score (nSPS) is 20.1. The number of benzene rings is 1. The third-order valence-corrected chi connectivity index (χ3v) is 3.73. The molecule has 1 heterocycles. The summed E-state index contributed by atoms with van der Waals surface area (Å²) < 4.78 is 27.3. The first kappa shape index (κ1) is 14.4. The lowest BCUT2D eigenvalue weighted by atomic mass is 10.1. The Balaban J connectivity index is 1.97. The highest BCUT2D eigenvalue weighted by Gasteiger charge is 2.25. The molecule has 1 aliphatic heterocycles. The van der Waals surface area contributed by atoms with Crippen molar-refractivity contribution in [2.45, 2.75) is 38.8 Å². The van der Waals surface area contributed by atoms with Gasteiger partial charge in [0.2, 0.25) is 0 Å². The maximum absolute atomic E-state index is 13.7. The smallest absolute Gasteiger partial charge is 0.130 e. The van der Waals surface area contributed by atoms with Crippen molar-refractivity contribution in [3.63, 3.8) is 0 Å². The lowest BCUT2D eigenvalue weighted by Gasteiger charge is -2.25. The van der Waals surface area contributed by atoms with E-state index in [-0.39, 0.29) is 5.56 Å². The van der Waals surface area contributed by atoms with Gasteiger partial charge in [-0.3, -0.25) is 4.90 Å². The van der Waals surface area contributed by atoms with Crippen molar-refractivity contribution in [1.82, 2.24) is 10.2 Å². The molecule has 1 aliphatic rings. The van der Waals surface area contributed by atoms with E-state index >= 15 is 0 Å². The van der Waals surface area contributed by atoms with Gasteiger partial charge in [0.25, 0.3) is 0 Å². The molecule has 1 N–H and O–H groups in total. The van der Waals surface area contributed by atoms with Crippen LogP contribution in [0.15, 0.2) is 18.2 Å². The number of rotatable bonds is 6. The fourth-order valence-electron chi connectivity index (χ4n) is 2.67. The van der Waals surface area contributed by atoms with E-state index in [4.69, 9.17) is 0 Å². The fourth-order valence-corrected chi connectivity index (χ4v) is 2.67. The van der Waals surface area contributed by atoms with Crippen LogP contribution in [-0.2, 0) is 6.54 Å². The van der Waals surface area contributed by atoms with Crippen molar-refractivity contribution >= 4 is 0 Å². The highest BCUT2D eigenvalue weighted by molar-refractivity contribution is 5.19. The summed E-state index contributed by atoms with van der Waals surface area (Å²) in [4.78, 5) is 2.18. The first-order chi connectivity index (χ1) is 9.22. The third kappa shape index (κ3) is 3.74. The van der Waals surface area contributed by atoms with Crippen LogP contribution < -0.4 is 5.32 Å². The predicted molar refractivity (Wildman–Crippen MR) is 73.0 cm³/mol. The molecule has 0 aromatic heterocycles. The van der Waals surface area contributed by atoms with Crippen LogP contribution >= 0.6 is 0 Å². The molecule has 0 bridgehead atoms. The molecule has 19 heavy (non-hydrogen) atoms. The van der Waals surface area contributed by atoms with Gasteiger partial charge in [-0.25, -0.2) is 8.78 Å². The molecule has 2 nitrogen and oxygen atoms in total. The lowest BCUT2D eigenvalue weighted by Crippen LogP contribution is -2.38. The summed E-state index contributed by atoms with van der Waals surface area (Å²) in [6.45, 7) is 5.33. The van der Waals surface area contributed by atoms with Crippen molar-refractivity contribution in [3.05, 3.63) is 35.4 Å². The predicted octanol–water partition coefficient (Wildman–Crippen LogP) is 2.93. The Morgan fingerprint density at radius 3 is 2.74 bits per heavy atom. The molecule has 0 radical (unpaired) electrons. The highest BCUT2D eigenvalue weighted by atomic mass is 19.1. The number of nitrogens with one attached hydrogen (secondary N) is 1. The van der Waals surface area contributed by atoms with E-state index in [1.165, 1.54) is 18.2 Å². The van der Waals surface area contributed by atoms with Crippen LogP contribution in [0.4, 0.5) is 8.78 Å². The van der Waals surface area contributed by atoms with E-state index in [1.54, 1.807) is 0 Å². The largest absolute Gasteiger partial charge is 0.315 e. The topological polar surface area (TPSA) is 15.3 Å². The lowest BCUT2D eigenvalue weighted by molar-refractivity contribution is 0.233. The van der Waals surface area contributed by atoms with Crippen LogP contribution in [0.25, 0.3) is 0 Å². The van der Waals surface area contributed by atoms with Gasteiger partial charge in [-0.2, -0.15) is 0 Å². The summed E-state index contributed by atoms with van der Waals surface area (Å²) in [5.41, 5.74) is 0.199. The molecular weight excluding hydrogens is 246 g/mol. The standard InChI is InChI=1S/C15H22F2N2/c1-2-8-18-10-12-5-4-9-19(12)11-13-14(16)6-3-7-15(13)17/h3,6-7,12,18H,2,4-5,8-11H2,1H3. The minimum Gasteiger partial charge on any atom is -0.315 e. The maximum Gasteiger partial charge on any atom is 0.130 e. The molecule has 1 atom stereocenters. The summed E-state index contributed by atoms with van der Waals surface area (Å²) in [6, 6.07) is 4.47. The van der Waals surface area contributed by atoms with Crippen molar-refractivity contribution < 1.29 is 8.78 Å². The van der Waals surface area contributed by atoms with Gasteiger partial charge in [0.05, 0.1) is 0 Å². The second-order valence-corrected chi connectivity index (χ2v) is 5.17. The summed E-state index contributed by atoms with van der Waals surface area (Å²) in [6.07, 6.45) is 3.32. The van der Waals surface area contributed by atoms with Crippen LogP contribution in [0, 0.1) is 11.6 Å². The van der Waals surface area contributed by atoms with Gasteiger partial charge in [-0.05, 0) is 44.5 Å². The van der Waals surface area contributed by atoms with Crippen molar-refractivity contribution in [2.24, 2.45) is 0 Å². The van der Waals surface area contributed by atoms with Gasteiger partial charge < -0.3 is 5.32 Å². The van der Waals surface area contributed by atoms with Crippen molar-refractivity contribution in [3.8, 4) is 0 Å². The van der Waals surface area contributed by atoms with E-state index in [0.29, 0.717) is 12.6 Å². The zero-order chi connectivity index (χ0) is 13.7. The Labute approximate surface area is 113 Å². The second-order valence-electron chi connectivity index (χ2n) is 5.17. The summed E-state index contributed by atoms with van der Waals surface area (Å²) in [5, 5.41) is 3.39. The zero-order valence-electron chi connectivity index (χ0n) is 11.5. The van der Waals surface area contributed by atoms with Crippen LogP contribution in [0.2, 0.25) is 0 Å². The van der Waals surface area contributed by atoms with E-state index < -0.39 is 11.6 Å². The van der Waals surface area contributed by atoms with Crippen molar-refractivity contribution in [1.29, 1.82) is 0 Å². The minimum absolute atomic E-state index is 0.199. The summed E-state index contributed by atoms with van der Waals surface area (Å²) >= 11 is 0. The average molecular weight is 268 g/mol. The Hall–Kier alpha value is -1.00. The molecule has 0 saturated carbocycles. The maximum atomic E-state index is 13.7. The van der Waals surface area contributed by atoms with Crippen LogP contribution in [0.3, 0.4) is 0 Å². The molecule has 2 rings (SSSR count). The van der Waals surface area contributed by atoms with Crippen LogP contribution in [0.1, 0.15) is 31.7 Å². The second kappa shape index (κ2) is 6.96. The highest BCUT2D eigenvalue weighted by Crippen LogP contribution is 2.22. The Kier molecular flexibility index (Phi) is 5.28. The van der Waals surface area contributed by atoms with Gasteiger partial charge in [-0.15, -0.1) is 0 Å². The van der Waals surface area contributed by atoms with E-state index in [0.717, 1.165) is 38.9 Å². The molecule has 4 heteroatoms. The van der Waals surface area contributed by atoms with E-state index in [9.17, 15) is 8.78 Å². The minimum atomic E-state index is -0.438. The molecule has 1 saturated heterocycles. The molecule has 1 aromatic rings. The third-order valence-electron chi connectivity index (χ3n) is 3.73. The SMILES string of the molecule is CCCNCC1CCCN1Cc1c(F)cccc1F. The Morgan fingerprint density at radius 2 is 2.05 bits per heavy atom. The van der Waals surface area contributed by atoms with Gasteiger partial charge in [0.1, 0.15) is 11.6 Å². The fraction of sp³-hybridized carbons (Fsp3) is 0.600. The first-order valence-electron chi connectivity index (χ1n) is 7.10. The van der Waals surface area contributed by atoms with Gasteiger partial charge in [-0.1, -0.05) is 13.0 Å². The number of nitrogens with zero attached hydrogens (tertiary/aromatic N) is 1. The molecule has 1 fully saturated rings. The monoisotopic (exact) mass is 268 g/mol. The average Bonchev–Trinajstić information content (AvgIpc) is 2.82. The number of halogens is 2. The summed E-state index contributed by atoms with van der Waals surface area (Å²) in [5.74, 6) is -0.876. The van der Waals surface area contributed by atoms with Gasteiger partial charge in [0.15, 0.2) is 0 Å². The van der Waals surface area contributed by atoms with Crippen LogP contribution in [0.5, 0.6) is 0 Å². The zero-order valence-corrected chi connectivity index (χ0v) is 11.5. The molecule has 0 aliphatic carbocycles. The van der Waals surface area contributed by atoms with Gasteiger partial charge >= 0.3 is 0 Å². The molecule has 106 valence electrons. The van der Waals surface area contributed by atoms with Crippen LogP contribution in [-0.4, -0.2) is 30.6 Å². The quantitative estimate of drug-likeness (QED) is 0.798. The number of hydrogen-bond donors (Lipinski definition) is 1. The van der Waals surface area contributed by atoms with E-state index in [2.05, 4.69) is 17.1 Å². The Morgan fingerprint density at radius 1 is 1.32 bits per heavy atom. The van der Waals surface area contributed by atoms with Crippen molar-refractivity contribution in [2.75, 3.05) is 19.6 Å². The number of likely N-dealkylation sites (tertiary alicyclic amines) is 1. The summed E-state index contributed by atoms with van der Waals surface area (Å²) in [7, 11) is 0. The Bertz CT molecular complexity index is 389. The van der Waals surface area contributed by atoms with Gasteiger partial charge in [0, 0.05) is 24.7 Å². The number of hydrogen-bond acceptors (Lipinski definition) is 2.